The molecule has 1 nitrogen and oxygen atoms in total. The van der Waals surface area contributed by atoms with Crippen molar-refractivity contribution in [1.82, 2.24) is 0 Å². The van der Waals surface area contributed by atoms with Gasteiger partial charge in [0, 0.05) is 11.1 Å². The maximum absolute atomic E-state index is 12.9. The summed E-state index contributed by atoms with van der Waals surface area (Å²) in [7, 11) is 0. The van der Waals surface area contributed by atoms with E-state index >= 15 is 0 Å². The van der Waals surface area contributed by atoms with Crippen LogP contribution >= 0.6 is 0 Å². The van der Waals surface area contributed by atoms with E-state index in [1.807, 2.05) is 0 Å². The first-order valence-corrected chi connectivity index (χ1v) is 5.22. The van der Waals surface area contributed by atoms with Crippen molar-refractivity contribution in [3.8, 4) is 0 Å². The minimum Gasteiger partial charge on any atom is -0.294 e. The van der Waals surface area contributed by atoms with E-state index in [9.17, 15) is 26.7 Å². The molecule has 0 aromatic heterocycles. The second kappa shape index (κ2) is 5.04. The molecule has 0 bridgehead atoms. The van der Waals surface area contributed by atoms with Crippen molar-refractivity contribution in [1.29, 1.82) is 0 Å². The van der Waals surface area contributed by atoms with Gasteiger partial charge in [-0.3, -0.25) is 4.79 Å². The molecule has 0 amide bonds. The van der Waals surface area contributed by atoms with Crippen molar-refractivity contribution in [2.24, 2.45) is 0 Å². The third-order valence-corrected chi connectivity index (χ3v) is 2.60. The Morgan fingerprint density at radius 1 is 1.28 bits per heavy atom. The number of hydrogen-bond acceptors (Lipinski definition) is 1. The molecule has 0 aliphatic heterocycles. The molecule has 0 saturated heterocycles. The zero-order chi connectivity index (χ0) is 14.1. The van der Waals surface area contributed by atoms with Gasteiger partial charge < -0.3 is 0 Å². The molecule has 6 heteroatoms. The summed E-state index contributed by atoms with van der Waals surface area (Å²) in [6.45, 7) is 2.33. The Hall–Kier alpha value is -1.46. The lowest BCUT2D eigenvalue weighted by Crippen LogP contribution is -2.17. The Labute approximate surface area is 101 Å². The van der Waals surface area contributed by atoms with Gasteiger partial charge in [-0.25, -0.2) is 8.78 Å². The van der Waals surface area contributed by atoms with Crippen LogP contribution in [0.25, 0.3) is 0 Å². The van der Waals surface area contributed by atoms with Crippen LogP contribution in [0, 0.1) is 0 Å². The molecule has 0 radical (unpaired) electrons. The monoisotopic (exact) mass is 266 g/mol. The summed E-state index contributed by atoms with van der Waals surface area (Å²) in [5.41, 5.74) is -2.99. The van der Waals surface area contributed by atoms with Gasteiger partial charge in [0.15, 0.2) is 5.78 Å². The third-order valence-electron chi connectivity index (χ3n) is 2.60. The molecule has 0 aliphatic rings. The van der Waals surface area contributed by atoms with Gasteiger partial charge >= 0.3 is 6.18 Å². The first-order chi connectivity index (χ1) is 8.20. The second-order valence-electron chi connectivity index (χ2n) is 3.76. The molecular weight excluding hydrogens is 255 g/mol. The molecule has 18 heavy (non-hydrogen) atoms. The van der Waals surface area contributed by atoms with Crippen molar-refractivity contribution < 1.29 is 26.7 Å². The fourth-order valence-corrected chi connectivity index (χ4v) is 1.87. The number of carbonyl (C=O) groups is 1. The van der Waals surface area contributed by atoms with Crippen molar-refractivity contribution in [2.45, 2.75) is 32.9 Å². The Kier molecular flexibility index (Phi) is 4.09. The first-order valence-electron chi connectivity index (χ1n) is 5.22. The molecule has 0 saturated carbocycles. The zero-order valence-corrected chi connectivity index (χ0v) is 9.74. The molecule has 0 N–H and O–H groups in total. The van der Waals surface area contributed by atoms with Gasteiger partial charge in [-0.1, -0.05) is 19.1 Å². The van der Waals surface area contributed by atoms with Crippen LogP contribution in [0.5, 0.6) is 0 Å². The standard InChI is InChI=1S/C12H11F5O/c1-3-7-9(11(13)14)5-4-8(6(2)18)10(7)12(15,16)17/h4-5,11H,3H2,1-2H3. The van der Waals surface area contributed by atoms with E-state index in [1.54, 1.807) is 0 Å². The van der Waals surface area contributed by atoms with E-state index in [2.05, 4.69) is 0 Å². The van der Waals surface area contributed by atoms with Crippen LogP contribution in [-0.4, -0.2) is 5.78 Å². The van der Waals surface area contributed by atoms with E-state index in [-0.39, 0.29) is 6.42 Å². The quantitative estimate of drug-likeness (QED) is 0.585. The van der Waals surface area contributed by atoms with Gasteiger partial charge in [0.1, 0.15) is 0 Å². The predicted octanol–water partition coefficient (Wildman–Crippen LogP) is 4.41. The topological polar surface area (TPSA) is 17.1 Å². The molecule has 1 rings (SSSR count). The third kappa shape index (κ3) is 2.68. The van der Waals surface area contributed by atoms with E-state index < -0.39 is 40.6 Å². The summed E-state index contributed by atoms with van der Waals surface area (Å²) in [5.74, 6) is -0.794. The van der Waals surface area contributed by atoms with Gasteiger partial charge in [0.2, 0.25) is 0 Å². The number of ketones is 1. The van der Waals surface area contributed by atoms with Gasteiger partial charge in [-0.2, -0.15) is 13.2 Å². The number of alkyl halides is 5. The molecule has 1 aromatic rings. The van der Waals surface area contributed by atoms with Gasteiger partial charge in [0.25, 0.3) is 6.43 Å². The first kappa shape index (κ1) is 14.6. The average molecular weight is 266 g/mol. The van der Waals surface area contributed by atoms with Crippen LogP contribution in [-0.2, 0) is 12.6 Å². The smallest absolute Gasteiger partial charge is 0.294 e. The van der Waals surface area contributed by atoms with E-state index in [0.717, 1.165) is 19.1 Å². The molecule has 0 heterocycles. The van der Waals surface area contributed by atoms with Gasteiger partial charge in [0.05, 0.1) is 5.56 Å². The Bertz CT molecular complexity index is 462. The molecule has 0 spiro atoms. The summed E-state index contributed by atoms with van der Waals surface area (Å²) in [4.78, 5) is 11.2. The average Bonchev–Trinajstić information content (AvgIpc) is 2.25. The Morgan fingerprint density at radius 3 is 2.17 bits per heavy atom. The summed E-state index contributed by atoms with van der Waals surface area (Å²) in [6, 6.07) is 1.70. The lowest BCUT2D eigenvalue weighted by molar-refractivity contribution is -0.138. The predicted molar refractivity (Wildman–Crippen MR) is 55.8 cm³/mol. The normalized spacial score (nSPS) is 12.0. The molecule has 0 unspecified atom stereocenters. The van der Waals surface area contributed by atoms with Crippen LogP contribution < -0.4 is 0 Å². The highest BCUT2D eigenvalue weighted by atomic mass is 19.4. The number of halogens is 5. The Morgan fingerprint density at radius 2 is 1.83 bits per heavy atom. The molecule has 100 valence electrons. The minimum atomic E-state index is -4.82. The van der Waals surface area contributed by atoms with Crippen molar-refractivity contribution in [2.75, 3.05) is 0 Å². The molecule has 1 aromatic carbocycles. The largest absolute Gasteiger partial charge is 0.417 e. The Balaban J connectivity index is 3.67. The highest BCUT2D eigenvalue weighted by Crippen LogP contribution is 2.39. The summed E-state index contributed by atoms with van der Waals surface area (Å²) < 4.78 is 64.0. The summed E-state index contributed by atoms with van der Waals surface area (Å²) >= 11 is 0. The van der Waals surface area contributed by atoms with Crippen LogP contribution in [0.3, 0.4) is 0 Å². The number of Topliss-reactive ketones (excluding diaryl/α,β-unsaturated/α-hetero) is 1. The SMILES string of the molecule is CCc1c(C(F)F)ccc(C(C)=O)c1C(F)(F)F. The van der Waals surface area contributed by atoms with Crippen LogP contribution in [0.4, 0.5) is 22.0 Å². The fourth-order valence-electron chi connectivity index (χ4n) is 1.87. The lowest BCUT2D eigenvalue weighted by atomic mass is 9.92. The highest BCUT2D eigenvalue weighted by molar-refractivity contribution is 5.96. The number of benzene rings is 1. The fraction of sp³-hybridized carbons (Fsp3) is 0.417. The lowest BCUT2D eigenvalue weighted by Gasteiger charge is -2.18. The van der Waals surface area contributed by atoms with Crippen LogP contribution in [0.15, 0.2) is 12.1 Å². The molecule has 0 fully saturated rings. The number of rotatable bonds is 3. The van der Waals surface area contributed by atoms with Gasteiger partial charge in [-0.05, 0) is 18.9 Å². The maximum atomic E-state index is 12.9. The second-order valence-corrected chi connectivity index (χ2v) is 3.76. The van der Waals surface area contributed by atoms with E-state index in [4.69, 9.17) is 0 Å². The zero-order valence-electron chi connectivity index (χ0n) is 9.74. The summed E-state index contributed by atoms with van der Waals surface area (Å²) in [5, 5.41) is 0. The minimum absolute atomic E-state index is 0.213. The van der Waals surface area contributed by atoms with Crippen molar-refractivity contribution in [3.05, 3.63) is 34.4 Å². The summed E-state index contributed by atoms with van der Waals surface area (Å²) in [6.07, 6.45) is -8.03. The number of carbonyl (C=O) groups excluding carboxylic acids is 1. The van der Waals surface area contributed by atoms with Crippen LogP contribution in [0.2, 0.25) is 0 Å². The van der Waals surface area contributed by atoms with Gasteiger partial charge in [-0.15, -0.1) is 0 Å². The van der Waals surface area contributed by atoms with E-state index in [0.29, 0.717) is 0 Å². The molecular formula is C12H11F5O. The number of hydrogen-bond donors (Lipinski definition) is 0. The maximum Gasteiger partial charge on any atom is 0.417 e. The highest BCUT2D eigenvalue weighted by Gasteiger charge is 2.38. The van der Waals surface area contributed by atoms with E-state index in [1.165, 1.54) is 6.92 Å². The van der Waals surface area contributed by atoms with Crippen LogP contribution in [0.1, 0.15) is 47.3 Å². The molecule has 0 atom stereocenters. The van der Waals surface area contributed by atoms with Crippen molar-refractivity contribution in [3.63, 3.8) is 0 Å². The van der Waals surface area contributed by atoms with Crippen molar-refractivity contribution >= 4 is 5.78 Å². The molecule has 0 aliphatic carbocycles.